The van der Waals surface area contributed by atoms with Gasteiger partial charge in [0.05, 0.1) is 0 Å². The van der Waals surface area contributed by atoms with Crippen molar-refractivity contribution in [2.75, 3.05) is 0 Å². The summed E-state index contributed by atoms with van der Waals surface area (Å²) in [6.07, 6.45) is 3.33. The van der Waals surface area contributed by atoms with Gasteiger partial charge in [0.25, 0.3) is 5.56 Å². The van der Waals surface area contributed by atoms with E-state index >= 15 is 0 Å². The highest BCUT2D eigenvalue weighted by Gasteiger charge is 2.19. The molecule has 3 heterocycles. The lowest BCUT2D eigenvalue weighted by atomic mass is 10.2. The summed E-state index contributed by atoms with van der Waals surface area (Å²) in [6.45, 7) is 0. The molecule has 0 radical (unpaired) electrons. The third-order valence-corrected chi connectivity index (χ3v) is 4.56. The Hall–Kier alpha value is -3.99. The molecule has 3 aromatic heterocycles. The Bertz CT molecular complexity index is 1320. The molecule has 5 nitrogen and oxygen atoms in total. The zero-order valence-electron chi connectivity index (χ0n) is 14.8. The molecule has 2 aromatic carbocycles. The molecule has 0 saturated carbocycles. The minimum absolute atomic E-state index is 0.233. The maximum absolute atomic E-state index is 13.1. The first kappa shape index (κ1) is 16.2. The van der Waals surface area contributed by atoms with Gasteiger partial charge in [-0.3, -0.25) is 14.3 Å². The molecule has 0 spiro atoms. The van der Waals surface area contributed by atoms with E-state index < -0.39 is 0 Å². The number of benzene rings is 2. The Morgan fingerprint density at radius 1 is 0.786 bits per heavy atom. The van der Waals surface area contributed by atoms with Crippen molar-refractivity contribution in [3.05, 3.63) is 102 Å². The predicted octanol–water partition coefficient (Wildman–Crippen LogP) is 4.71. The monoisotopic (exact) mass is 365 g/mol. The Morgan fingerprint density at radius 3 is 2.25 bits per heavy atom. The molecule has 5 rings (SSSR count). The van der Waals surface area contributed by atoms with E-state index in [2.05, 4.69) is 9.97 Å². The molecular weight excluding hydrogens is 350 g/mol. The number of rotatable bonds is 3. The first-order chi connectivity index (χ1) is 13.8. The van der Waals surface area contributed by atoms with Gasteiger partial charge < -0.3 is 4.42 Å². The third-order valence-electron chi connectivity index (χ3n) is 4.56. The largest absolute Gasteiger partial charge is 0.434 e. The van der Waals surface area contributed by atoms with Crippen LogP contribution in [0.1, 0.15) is 0 Å². The number of hydrogen-bond donors (Lipinski definition) is 0. The van der Waals surface area contributed by atoms with Crippen molar-refractivity contribution in [2.45, 2.75) is 0 Å². The molecule has 134 valence electrons. The van der Waals surface area contributed by atoms with E-state index in [0.29, 0.717) is 23.0 Å². The van der Waals surface area contributed by atoms with Crippen LogP contribution in [-0.2, 0) is 0 Å². The minimum Gasteiger partial charge on any atom is -0.434 e. The predicted molar refractivity (Wildman–Crippen MR) is 108 cm³/mol. The maximum atomic E-state index is 13.1. The summed E-state index contributed by atoms with van der Waals surface area (Å²) in [6, 6.07) is 24.8. The lowest BCUT2D eigenvalue weighted by Gasteiger charge is -2.05. The number of pyridine rings is 2. The van der Waals surface area contributed by atoms with Crippen LogP contribution in [-0.4, -0.2) is 14.5 Å². The molecule has 0 N–H and O–H groups in total. The van der Waals surface area contributed by atoms with Crippen LogP contribution in [0.5, 0.6) is 0 Å². The van der Waals surface area contributed by atoms with Crippen LogP contribution in [0.15, 0.2) is 100 Å². The van der Waals surface area contributed by atoms with E-state index in [1.54, 1.807) is 12.4 Å². The van der Waals surface area contributed by atoms with E-state index in [1.165, 1.54) is 4.57 Å². The Labute approximate surface area is 160 Å². The Balaban J connectivity index is 1.78. The quantitative estimate of drug-likeness (QED) is 0.465. The van der Waals surface area contributed by atoms with Gasteiger partial charge in [-0.15, -0.1) is 0 Å². The van der Waals surface area contributed by atoms with Crippen molar-refractivity contribution in [1.82, 2.24) is 14.5 Å². The summed E-state index contributed by atoms with van der Waals surface area (Å²) in [7, 11) is 0. The highest BCUT2D eigenvalue weighted by molar-refractivity contribution is 5.78. The molecule has 28 heavy (non-hydrogen) atoms. The fourth-order valence-corrected chi connectivity index (χ4v) is 3.19. The number of oxazole rings is 1. The van der Waals surface area contributed by atoms with Crippen LogP contribution in [0.4, 0.5) is 0 Å². The number of fused-ring (bicyclic) bond motifs is 1. The average Bonchev–Trinajstić information content (AvgIpc) is 3.21. The first-order valence-electron chi connectivity index (χ1n) is 8.90. The van der Waals surface area contributed by atoms with E-state index in [1.807, 2.05) is 78.9 Å². The van der Waals surface area contributed by atoms with Gasteiger partial charge in [0.1, 0.15) is 5.52 Å². The summed E-state index contributed by atoms with van der Waals surface area (Å²) in [5.74, 6) is 1.45. The molecule has 0 aliphatic heterocycles. The van der Waals surface area contributed by atoms with E-state index in [0.717, 1.165) is 16.5 Å². The summed E-state index contributed by atoms with van der Waals surface area (Å²) >= 11 is 0. The standard InChI is InChI=1S/C23H15N3O2/c27-23-19-16(12-7-14-24-19)13-15-26(23)21-20(17-8-3-1-4-9-17)28-22(25-21)18-10-5-2-6-11-18/h1-15H. The van der Waals surface area contributed by atoms with Crippen molar-refractivity contribution in [1.29, 1.82) is 0 Å². The third kappa shape index (κ3) is 2.70. The molecule has 0 aliphatic rings. The SMILES string of the molecule is O=c1c2ncccc2ccn1-c1nc(-c2ccccc2)oc1-c1ccccc1. The van der Waals surface area contributed by atoms with Crippen LogP contribution in [0.3, 0.4) is 0 Å². The molecule has 0 amide bonds. The summed E-state index contributed by atoms with van der Waals surface area (Å²) in [5, 5.41) is 0.789. The second-order valence-electron chi connectivity index (χ2n) is 6.34. The molecule has 0 atom stereocenters. The van der Waals surface area contributed by atoms with Crippen molar-refractivity contribution in [3.63, 3.8) is 0 Å². The second-order valence-corrected chi connectivity index (χ2v) is 6.34. The van der Waals surface area contributed by atoms with Crippen molar-refractivity contribution >= 4 is 10.9 Å². The van der Waals surface area contributed by atoms with Gasteiger partial charge in [-0.05, 0) is 24.3 Å². The van der Waals surface area contributed by atoms with Crippen LogP contribution in [0, 0.1) is 0 Å². The minimum atomic E-state index is -0.233. The van der Waals surface area contributed by atoms with Gasteiger partial charge in [-0.1, -0.05) is 54.6 Å². The van der Waals surface area contributed by atoms with Gasteiger partial charge in [-0.25, -0.2) is 0 Å². The molecule has 5 heteroatoms. The average molecular weight is 365 g/mol. The van der Waals surface area contributed by atoms with Gasteiger partial charge in [0.15, 0.2) is 11.6 Å². The molecule has 5 aromatic rings. The van der Waals surface area contributed by atoms with Gasteiger partial charge in [0.2, 0.25) is 5.89 Å². The van der Waals surface area contributed by atoms with Crippen LogP contribution in [0.2, 0.25) is 0 Å². The van der Waals surface area contributed by atoms with Crippen molar-refractivity contribution < 1.29 is 4.42 Å². The highest BCUT2D eigenvalue weighted by Crippen LogP contribution is 2.31. The fourth-order valence-electron chi connectivity index (χ4n) is 3.19. The van der Waals surface area contributed by atoms with E-state index in [9.17, 15) is 4.79 Å². The molecule has 0 bridgehead atoms. The smallest absolute Gasteiger partial charge is 0.282 e. The van der Waals surface area contributed by atoms with Crippen LogP contribution < -0.4 is 5.56 Å². The lowest BCUT2D eigenvalue weighted by molar-refractivity contribution is 0.588. The number of hydrogen-bond acceptors (Lipinski definition) is 4. The Kier molecular flexibility index (Phi) is 3.84. The van der Waals surface area contributed by atoms with Gasteiger partial charge in [0, 0.05) is 28.9 Å². The molecule has 0 saturated heterocycles. The van der Waals surface area contributed by atoms with Gasteiger partial charge in [-0.2, -0.15) is 4.98 Å². The second kappa shape index (κ2) is 6.63. The molecular formula is C23H15N3O2. The summed E-state index contributed by atoms with van der Waals surface area (Å²) in [5.41, 5.74) is 1.86. The fraction of sp³-hybridized carbons (Fsp3) is 0. The van der Waals surface area contributed by atoms with Crippen molar-refractivity contribution in [3.8, 4) is 28.6 Å². The molecule has 0 aliphatic carbocycles. The van der Waals surface area contributed by atoms with Crippen LogP contribution >= 0.6 is 0 Å². The van der Waals surface area contributed by atoms with E-state index in [4.69, 9.17) is 4.42 Å². The molecule has 0 unspecified atom stereocenters. The summed E-state index contributed by atoms with van der Waals surface area (Å²) < 4.78 is 7.61. The highest BCUT2D eigenvalue weighted by atomic mass is 16.4. The first-order valence-corrected chi connectivity index (χ1v) is 8.90. The normalized spacial score (nSPS) is 11.0. The topological polar surface area (TPSA) is 60.9 Å². The van der Waals surface area contributed by atoms with Crippen LogP contribution in [0.25, 0.3) is 39.5 Å². The van der Waals surface area contributed by atoms with Gasteiger partial charge >= 0.3 is 0 Å². The maximum Gasteiger partial charge on any atom is 0.282 e. The van der Waals surface area contributed by atoms with Crippen molar-refractivity contribution in [2.24, 2.45) is 0 Å². The number of nitrogens with zero attached hydrogens (tertiary/aromatic N) is 3. The Morgan fingerprint density at radius 2 is 1.50 bits per heavy atom. The lowest BCUT2D eigenvalue weighted by Crippen LogP contribution is -2.19. The number of aromatic nitrogens is 3. The zero-order valence-corrected chi connectivity index (χ0v) is 14.8. The zero-order chi connectivity index (χ0) is 18.9. The molecule has 0 fully saturated rings. The van der Waals surface area contributed by atoms with E-state index in [-0.39, 0.29) is 5.56 Å². The summed E-state index contributed by atoms with van der Waals surface area (Å²) in [4.78, 5) is 22.0.